The smallest absolute Gasteiger partial charge is 0.307 e. The summed E-state index contributed by atoms with van der Waals surface area (Å²) >= 11 is 13.0. The van der Waals surface area contributed by atoms with Crippen LogP contribution in [0.2, 0.25) is 5.02 Å². The SMILES string of the molecule is CCOP(=O)(SC(C)CC)N(CCCl)C(=O)Nc1ccc(Cl)cc1C. The van der Waals surface area contributed by atoms with Gasteiger partial charge in [-0.05, 0) is 55.4 Å². The molecule has 0 bridgehead atoms. The number of nitrogens with one attached hydrogen (secondary N) is 1. The molecule has 5 nitrogen and oxygen atoms in total. The van der Waals surface area contributed by atoms with Crippen LogP contribution in [0.25, 0.3) is 0 Å². The standard InChI is InChI=1S/C16H25Cl2N2O3PS/c1-5-13(4)25-24(22,23-6-2)20(10-9-17)16(21)19-15-8-7-14(18)11-12(15)3/h7-8,11,13H,5-6,9-10H2,1-4H3,(H,19,21). The normalized spacial score (nSPS) is 14.6. The molecule has 0 fully saturated rings. The molecular formula is C16H25Cl2N2O3PS. The highest BCUT2D eigenvalue weighted by molar-refractivity contribution is 8.56. The first kappa shape index (κ1) is 22.7. The lowest BCUT2D eigenvalue weighted by atomic mass is 10.2. The molecule has 1 rings (SSSR count). The van der Waals surface area contributed by atoms with Crippen molar-refractivity contribution in [2.75, 3.05) is 24.3 Å². The Labute approximate surface area is 164 Å². The van der Waals surface area contributed by atoms with Gasteiger partial charge in [-0.15, -0.1) is 11.6 Å². The lowest BCUT2D eigenvalue weighted by Crippen LogP contribution is -2.34. The molecule has 142 valence electrons. The molecular weight excluding hydrogens is 402 g/mol. The van der Waals surface area contributed by atoms with Crippen molar-refractivity contribution in [3.05, 3.63) is 28.8 Å². The first-order valence-corrected chi connectivity index (χ1v) is 12.1. The van der Waals surface area contributed by atoms with Crippen LogP contribution < -0.4 is 5.32 Å². The molecule has 0 radical (unpaired) electrons. The van der Waals surface area contributed by atoms with Crippen molar-refractivity contribution < 1.29 is 13.9 Å². The van der Waals surface area contributed by atoms with Crippen molar-refractivity contribution in [1.29, 1.82) is 0 Å². The number of benzene rings is 1. The second-order valence-corrected chi connectivity index (χ2v) is 10.9. The van der Waals surface area contributed by atoms with Gasteiger partial charge in [0.05, 0.1) is 6.61 Å². The van der Waals surface area contributed by atoms with Gasteiger partial charge in [0.25, 0.3) is 0 Å². The van der Waals surface area contributed by atoms with Gasteiger partial charge in [-0.25, -0.2) is 9.46 Å². The number of aryl methyl sites for hydroxylation is 1. The van der Waals surface area contributed by atoms with E-state index in [1.807, 2.05) is 20.8 Å². The molecule has 0 aromatic heterocycles. The molecule has 25 heavy (non-hydrogen) atoms. The fraction of sp³-hybridized carbons (Fsp3) is 0.562. The Morgan fingerprint density at radius 2 is 2.12 bits per heavy atom. The van der Waals surface area contributed by atoms with Crippen molar-refractivity contribution >= 4 is 53.0 Å². The van der Waals surface area contributed by atoms with Gasteiger partial charge in [-0.2, -0.15) is 0 Å². The number of carbonyl (C=O) groups is 1. The van der Waals surface area contributed by atoms with Crippen LogP contribution in [0.1, 0.15) is 32.8 Å². The highest BCUT2D eigenvalue weighted by Gasteiger charge is 2.37. The fourth-order valence-corrected chi connectivity index (χ4v) is 7.48. The molecule has 2 atom stereocenters. The number of nitrogens with zero attached hydrogens (tertiary/aromatic N) is 1. The van der Waals surface area contributed by atoms with E-state index < -0.39 is 12.8 Å². The van der Waals surface area contributed by atoms with Gasteiger partial charge in [0.2, 0.25) is 0 Å². The maximum Gasteiger partial charge on any atom is 0.357 e. The van der Waals surface area contributed by atoms with Crippen LogP contribution in [-0.2, 0) is 9.09 Å². The molecule has 0 spiro atoms. The number of hydrogen-bond acceptors (Lipinski definition) is 4. The summed E-state index contributed by atoms with van der Waals surface area (Å²) in [4.78, 5) is 12.8. The molecule has 1 N–H and O–H groups in total. The third-order valence-electron chi connectivity index (χ3n) is 3.44. The predicted octanol–water partition coefficient (Wildman–Crippen LogP) is 6.40. The zero-order valence-corrected chi connectivity index (χ0v) is 18.1. The second kappa shape index (κ2) is 10.7. The molecule has 0 aliphatic heterocycles. The van der Waals surface area contributed by atoms with Crippen LogP contribution in [-0.4, -0.2) is 35.0 Å². The molecule has 2 amide bonds. The molecule has 1 aromatic carbocycles. The lowest BCUT2D eigenvalue weighted by Gasteiger charge is -2.31. The van der Waals surface area contributed by atoms with Crippen LogP contribution in [0, 0.1) is 6.92 Å². The number of alkyl halides is 1. The maximum absolute atomic E-state index is 13.4. The fourth-order valence-electron chi connectivity index (χ4n) is 1.98. The lowest BCUT2D eigenvalue weighted by molar-refractivity contribution is 0.228. The molecule has 0 aliphatic carbocycles. The van der Waals surface area contributed by atoms with Crippen molar-refractivity contribution in [2.45, 2.75) is 39.4 Å². The minimum atomic E-state index is -3.41. The van der Waals surface area contributed by atoms with Crippen molar-refractivity contribution in [3.63, 3.8) is 0 Å². The minimum Gasteiger partial charge on any atom is -0.307 e. The first-order valence-electron chi connectivity index (χ1n) is 8.11. The van der Waals surface area contributed by atoms with Crippen LogP contribution in [0.15, 0.2) is 18.2 Å². The van der Waals surface area contributed by atoms with E-state index in [4.69, 9.17) is 27.7 Å². The molecule has 0 saturated carbocycles. The number of urea groups is 1. The Balaban J connectivity index is 3.08. The van der Waals surface area contributed by atoms with Gasteiger partial charge in [0.1, 0.15) is 0 Å². The topological polar surface area (TPSA) is 58.6 Å². The van der Waals surface area contributed by atoms with E-state index in [9.17, 15) is 9.36 Å². The molecule has 0 aliphatic rings. The number of hydrogen-bond donors (Lipinski definition) is 1. The molecule has 0 heterocycles. The van der Waals surface area contributed by atoms with Crippen molar-refractivity contribution in [3.8, 4) is 0 Å². The van der Waals surface area contributed by atoms with Crippen LogP contribution in [0.3, 0.4) is 0 Å². The van der Waals surface area contributed by atoms with Crippen molar-refractivity contribution in [2.24, 2.45) is 0 Å². The van der Waals surface area contributed by atoms with E-state index >= 15 is 0 Å². The summed E-state index contributed by atoms with van der Waals surface area (Å²) in [5.74, 6) is 0.158. The van der Waals surface area contributed by atoms with Crippen LogP contribution in [0.5, 0.6) is 0 Å². The average Bonchev–Trinajstić information content (AvgIpc) is 2.55. The molecule has 2 unspecified atom stereocenters. The molecule has 0 saturated heterocycles. The van der Waals surface area contributed by atoms with Crippen molar-refractivity contribution in [1.82, 2.24) is 4.67 Å². The van der Waals surface area contributed by atoms with Gasteiger partial charge < -0.3 is 9.84 Å². The monoisotopic (exact) mass is 426 g/mol. The number of anilines is 1. The third-order valence-corrected chi connectivity index (χ3v) is 9.14. The molecule has 1 aromatic rings. The summed E-state index contributed by atoms with van der Waals surface area (Å²) in [6.45, 7) is 4.50. The molecule has 9 heteroatoms. The van der Waals surface area contributed by atoms with Gasteiger partial charge in [0, 0.05) is 28.4 Å². The summed E-state index contributed by atoms with van der Waals surface area (Å²) in [5, 5.41) is 3.45. The minimum absolute atomic E-state index is 0.0836. The Kier molecular flexibility index (Phi) is 9.68. The highest BCUT2D eigenvalue weighted by Crippen LogP contribution is 2.64. The Bertz CT molecular complexity index is 633. The van der Waals surface area contributed by atoms with E-state index in [1.54, 1.807) is 25.1 Å². The van der Waals surface area contributed by atoms with E-state index in [2.05, 4.69) is 5.32 Å². The van der Waals surface area contributed by atoms with E-state index in [1.165, 1.54) is 16.1 Å². The van der Waals surface area contributed by atoms with E-state index in [0.717, 1.165) is 12.0 Å². The second-order valence-electron chi connectivity index (χ2n) is 5.41. The Hall–Kier alpha value is -0.390. The average molecular weight is 427 g/mol. The Morgan fingerprint density at radius 3 is 2.64 bits per heavy atom. The Morgan fingerprint density at radius 1 is 1.44 bits per heavy atom. The summed E-state index contributed by atoms with van der Waals surface area (Å²) in [6, 6.07) is 4.64. The zero-order valence-electron chi connectivity index (χ0n) is 14.9. The number of carbonyl (C=O) groups excluding carboxylic acids is 1. The summed E-state index contributed by atoms with van der Waals surface area (Å²) in [5.41, 5.74) is 1.41. The van der Waals surface area contributed by atoms with E-state index in [-0.39, 0.29) is 24.3 Å². The zero-order chi connectivity index (χ0) is 19.0. The summed E-state index contributed by atoms with van der Waals surface area (Å²) in [6.07, 6.45) is 0.814. The quantitative estimate of drug-likeness (QED) is 0.366. The van der Waals surface area contributed by atoms with Crippen LogP contribution >= 0.6 is 41.3 Å². The van der Waals surface area contributed by atoms with E-state index in [0.29, 0.717) is 10.7 Å². The summed E-state index contributed by atoms with van der Waals surface area (Å²) in [7, 11) is 0. The highest BCUT2D eigenvalue weighted by atomic mass is 35.5. The van der Waals surface area contributed by atoms with Crippen LogP contribution in [0.4, 0.5) is 10.5 Å². The predicted molar refractivity (Wildman–Crippen MR) is 109 cm³/mol. The first-order chi connectivity index (χ1) is 11.8. The van der Waals surface area contributed by atoms with Gasteiger partial charge in [-0.1, -0.05) is 25.4 Å². The van der Waals surface area contributed by atoms with Gasteiger partial charge >= 0.3 is 12.8 Å². The number of amides is 2. The maximum atomic E-state index is 13.4. The summed E-state index contributed by atoms with van der Waals surface area (Å²) < 4.78 is 20.1. The van der Waals surface area contributed by atoms with Gasteiger partial charge in [0.15, 0.2) is 0 Å². The van der Waals surface area contributed by atoms with Gasteiger partial charge in [-0.3, -0.25) is 4.57 Å². The largest absolute Gasteiger partial charge is 0.357 e. The number of rotatable bonds is 9. The third kappa shape index (κ3) is 6.69. The number of halogens is 2.